The smallest absolute Gasteiger partial charge is 0.264 e. The van der Waals surface area contributed by atoms with Crippen LogP contribution in [0.2, 0.25) is 0 Å². The summed E-state index contributed by atoms with van der Waals surface area (Å²) >= 11 is 0. The fraction of sp³-hybridized carbons (Fsp3) is 0.647. The fourth-order valence-electron chi connectivity index (χ4n) is 3.46. The Labute approximate surface area is 139 Å². The molecule has 2 aliphatic rings. The Morgan fingerprint density at radius 2 is 1.83 bits per heavy atom. The van der Waals surface area contributed by atoms with Crippen molar-refractivity contribution in [2.24, 2.45) is 0 Å². The van der Waals surface area contributed by atoms with Crippen LogP contribution in [0.5, 0.6) is 0 Å². The highest BCUT2D eigenvalue weighted by Crippen LogP contribution is 2.21. The lowest BCUT2D eigenvalue weighted by molar-refractivity contribution is 0.209. The summed E-state index contributed by atoms with van der Waals surface area (Å²) in [5, 5.41) is 0. The van der Waals surface area contributed by atoms with E-state index in [2.05, 4.69) is 34.1 Å². The molecule has 23 heavy (non-hydrogen) atoms. The van der Waals surface area contributed by atoms with Crippen LogP contribution in [0.1, 0.15) is 24.8 Å². The molecular weight excluding hydrogens is 312 g/mol. The van der Waals surface area contributed by atoms with Gasteiger partial charge < -0.3 is 9.80 Å². The first-order chi connectivity index (χ1) is 11.0. The number of nitrogens with zero attached hydrogens (tertiary/aromatic N) is 2. The summed E-state index contributed by atoms with van der Waals surface area (Å²) < 4.78 is 27.4. The summed E-state index contributed by atoms with van der Waals surface area (Å²) in [6.07, 6.45) is 5.33. The summed E-state index contributed by atoms with van der Waals surface area (Å²) in [5.74, 6) is 0. The summed E-state index contributed by atoms with van der Waals surface area (Å²) in [7, 11) is -3.34. The van der Waals surface area contributed by atoms with Gasteiger partial charge in [0.25, 0.3) is 10.1 Å². The number of rotatable bonds is 6. The number of benzene rings is 1. The van der Waals surface area contributed by atoms with Crippen LogP contribution in [0.25, 0.3) is 0 Å². The van der Waals surface area contributed by atoms with Gasteiger partial charge in [-0.3, -0.25) is 4.18 Å². The van der Waals surface area contributed by atoms with Gasteiger partial charge in [0.2, 0.25) is 0 Å². The van der Waals surface area contributed by atoms with Gasteiger partial charge in [0.15, 0.2) is 0 Å². The van der Waals surface area contributed by atoms with Crippen LogP contribution in [0.4, 0.5) is 5.69 Å². The molecule has 128 valence electrons. The Kier molecular flexibility index (Phi) is 5.24. The van der Waals surface area contributed by atoms with Crippen LogP contribution in [-0.2, 0) is 20.7 Å². The second-order valence-corrected chi connectivity index (χ2v) is 8.22. The topological polar surface area (TPSA) is 49.9 Å². The molecule has 1 atom stereocenters. The molecule has 0 aromatic heterocycles. The van der Waals surface area contributed by atoms with E-state index in [-0.39, 0.29) is 6.10 Å². The van der Waals surface area contributed by atoms with Gasteiger partial charge in [0.05, 0.1) is 12.4 Å². The average Bonchev–Trinajstić information content (AvgIpc) is 3.15. The minimum atomic E-state index is -3.34. The third kappa shape index (κ3) is 4.93. The zero-order chi connectivity index (χ0) is 16.3. The summed E-state index contributed by atoms with van der Waals surface area (Å²) in [6.45, 7) is 4.92. The summed E-state index contributed by atoms with van der Waals surface area (Å²) in [6, 6.07) is 8.88. The van der Waals surface area contributed by atoms with Crippen molar-refractivity contribution in [2.75, 3.05) is 43.9 Å². The van der Waals surface area contributed by atoms with Gasteiger partial charge in [-0.1, -0.05) is 12.1 Å². The standard InChI is InChI=1S/C17H26N2O3S/c1-23(20,21)22-17-9-13-18(14-17)12-8-15-4-6-16(7-5-15)19-10-2-3-11-19/h4-7,17H,2-3,8-14H2,1H3/t17-/m0/s1. The van der Waals surface area contributed by atoms with Crippen molar-refractivity contribution >= 4 is 15.8 Å². The van der Waals surface area contributed by atoms with E-state index >= 15 is 0 Å². The zero-order valence-electron chi connectivity index (χ0n) is 13.8. The third-order valence-electron chi connectivity index (χ3n) is 4.66. The van der Waals surface area contributed by atoms with Crippen LogP contribution >= 0.6 is 0 Å². The molecule has 3 rings (SSSR count). The first kappa shape index (κ1) is 16.7. The van der Waals surface area contributed by atoms with E-state index in [9.17, 15) is 8.42 Å². The maximum Gasteiger partial charge on any atom is 0.264 e. The molecule has 0 saturated carbocycles. The number of hydrogen-bond acceptors (Lipinski definition) is 5. The molecule has 6 heteroatoms. The zero-order valence-corrected chi connectivity index (χ0v) is 14.6. The van der Waals surface area contributed by atoms with Crippen LogP contribution in [0.15, 0.2) is 24.3 Å². The molecule has 0 radical (unpaired) electrons. The first-order valence-electron chi connectivity index (χ1n) is 8.44. The van der Waals surface area contributed by atoms with Crippen molar-refractivity contribution < 1.29 is 12.6 Å². The number of hydrogen-bond donors (Lipinski definition) is 0. The van der Waals surface area contributed by atoms with Crippen LogP contribution in [0, 0.1) is 0 Å². The van der Waals surface area contributed by atoms with E-state index in [1.807, 2.05) is 0 Å². The minimum Gasteiger partial charge on any atom is -0.372 e. The molecular formula is C17H26N2O3S. The predicted octanol–water partition coefficient (Wildman–Crippen LogP) is 1.88. The van der Waals surface area contributed by atoms with Gasteiger partial charge >= 0.3 is 0 Å². The number of anilines is 1. The van der Waals surface area contributed by atoms with Gasteiger partial charge in [-0.2, -0.15) is 8.42 Å². The molecule has 2 heterocycles. The van der Waals surface area contributed by atoms with E-state index in [0.29, 0.717) is 6.54 Å². The fourth-order valence-corrected chi connectivity index (χ4v) is 4.11. The van der Waals surface area contributed by atoms with Gasteiger partial charge in [0.1, 0.15) is 0 Å². The number of likely N-dealkylation sites (tertiary alicyclic amines) is 1. The average molecular weight is 338 g/mol. The predicted molar refractivity (Wildman–Crippen MR) is 92.4 cm³/mol. The van der Waals surface area contributed by atoms with E-state index in [1.165, 1.54) is 37.2 Å². The molecule has 0 amide bonds. The van der Waals surface area contributed by atoms with Gasteiger partial charge in [0, 0.05) is 38.4 Å². The van der Waals surface area contributed by atoms with Crippen LogP contribution in [-0.4, -0.2) is 58.4 Å². The molecule has 0 N–H and O–H groups in total. The lowest BCUT2D eigenvalue weighted by Crippen LogP contribution is -2.26. The highest BCUT2D eigenvalue weighted by molar-refractivity contribution is 7.86. The largest absolute Gasteiger partial charge is 0.372 e. The SMILES string of the molecule is CS(=O)(=O)O[C@H]1CCN(CCc2ccc(N3CCCC3)cc2)C1. The minimum absolute atomic E-state index is 0.178. The lowest BCUT2D eigenvalue weighted by Gasteiger charge is -2.18. The highest BCUT2D eigenvalue weighted by Gasteiger charge is 2.25. The second kappa shape index (κ2) is 7.20. The van der Waals surface area contributed by atoms with Crippen LogP contribution in [0.3, 0.4) is 0 Å². The van der Waals surface area contributed by atoms with Gasteiger partial charge in [-0.25, -0.2) is 0 Å². The normalized spacial score (nSPS) is 22.8. The molecule has 1 aromatic rings. The molecule has 0 unspecified atom stereocenters. The molecule has 2 saturated heterocycles. The van der Waals surface area contributed by atoms with E-state index in [4.69, 9.17) is 4.18 Å². The molecule has 5 nitrogen and oxygen atoms in total. The Balaban J connectivity index is 1.45. The Bertz CT molecular complexity index is 609. The molecule has 1 aromatic carbocycles. The molecule has 0 aliphatic carbocycles. The lowest BCUT2D eigenvalue weighted by atomic mass is 10.1. The van der Waals surface area contributed by atoms with E-state index in [0.717, 1.165) is 32.2 Å². The summed E-state index contributed by atoms with van der Waals surface area (Å²) in [4.78, 5) is 4.72. The van der Waals surface area contributed by atoms with E-state index in [1.54, 1.807) is 0 Å². The highest BCUT2D eigenvalue weighted by atomic mass is 32.2. The second-order valence-electron chi connectivity index (χ2n) is 6.62. The quantitative estimate of drug-likeness (QED) is 0.741. The summed E-state index contributed by atoms with van der Waals surface area (Å²) in [5.41, 5.74) is 2.66. The monoisotopic (exact) mass is 338 g/mol. The van der Waals surface area contributed by atoms with Crippen molar-refractivity contribution in [1.82, 2.24) is 4.90 Å². The van der Waals surface area contributed by atoms with Crippen molar-refractivity contribution in [3.63, 3.8) is 0 Å². The molecule has 2 aliphatic heterocycles. The van der Waals surface area contributed by atoms with Crippen LogP contribution < -0.4 is 4.90 Å². The maximum absolute atomic E-state index is 11.2. The van der Waals surface area contributed by atoms with Crippen molar-refractivity contribution in [2.45, 2.75) is 31.8 Å². The van der Waals surface area contributed by atoms with Gasteiger partial charge in [-0.05, 0) is 43.4 Å². The van der Waals surface area contributed by atoms with Crippen molar-refractivity contribution in [1.29, 1.82) is 0 Å². The third-order valence-corrected chi connectivity index (χ3v) is 5.29. The Hall–Kier alpha value is -1.11. The molecule has 2 fully saturated rings. The van der Waals surface area contributed by atoms with E-state index < -0.39 is 10.1 Å². The molecule has 0 spiro atoms. The van der Waals surface area contributed by atoms with Crippen molar-refractivity contribution in [3.8, 4) is 0 Å². The maximum atomic E-state index is 11.2. The first-order valence-corrected chi connectivity index (χ1v) is 10.3. The molecule has 0 bridgehead atoms. The van der Waals surface area contributed by atoms with Crippen molar-refractivity contribution in [3.05, 3.63) is 29.8 Å². The van der Waals surface area contributed by atoms with Gasteiger partial charge in [-0.15, -0.1) is 0 Å². The Morgan fingerprint density at radius 1 is 1.13 bits per heavy atom. The Morgan fingerprint density at radius 3 is 2.48 bits per heavy atom.